The molecule has 0 heterocycles. The highest BCUT2D eigenvalue weighted by Crippen LogP contribution is 2.44. The molecule has 3 aromatic rings. The van der Waals surface area contributed by atoms with E-state index in [1.54, 1.807) is 27.7 Å². The van der Waals surface area contributed by atoms with Crippen molar-refractivity contribution < 1.29 is 53.6 Å². The number of amides is 5. The molecule has 0 saturated carbocycles. The minimum atomic E-state index is -1.90. The molecule has 0 aromatic heterocycles. The second-order valence-corrected chi connectivity index (χ2v) is 14.7. The smallest absolute Gasteiger partial charge is 0.407 e. The lowest BCUT2D eigenvalue weighted by molar-refractivity contribution is -0.396. The number of rotatable bonds is 19. The van der Waals surface area contributed by atoms with E-state index in [0.717, 1.165) is 34.4 Å². The normalized spacial score (nSPS) is 13.9. The van der Waals surface area contributed by atoms with Crippen LogP contribution in [-0.2, 0) is 35.1 Å². The van der Waals surface area contributed by atoms with Gasteiger partial charge in [-0.2, -0.15) is 0 Å². The third-order valence-corrected chi connectivity index (χ3v) is 9.54. The van der Waals surface area contributed by atoms with Crippen LogP contribution in [0.3, 0.4) is 0 Å². The van der Waals surface area contributed by atoms with E-state index in [1.807, 2.05) is 48.5 Å². The van der Waals surface area contributed by atoms with Crippen molar-refractivity contribution in [1.29, 1.82) is 0 Å². The van der Waals surface area contributed by atoms with Crippen LogP contribution in [0.25, 0.3) is 11.1 Å². The van der Waals surface area contributed by atoms with Gasteiger partial charge in [0.1, 0.15) is 30.8 Å². The number of carboxylic acids is 1. The highest BCUT2D eigenvalue weighted by molar-refractivity contribution is 5.96. The average Bonchev–Trinajstić information content (AvgIpc) is 3.48. The molecule has 0 aliphatic heterocycles. The van der Waals surface area contributed by atoms with Crippen LogP contribution in [0.2, 0.25) is 0 Å². The number of nitrogens with one attached hydrogen (secondary N) is 4. The number of ether oxygens (including phenoxy) is 1. The second-order valence-electron chi connectivity index (χ2n) is 14.7. The van der Waals surface area contributed by atoms with E-state index in [0.29, 0.717) is 0 Å². The van der Waals surface area contributed by atoms with Gasteiger partial charge in [-0.3, -0.25) is 44.2 Å². The third kappa shape index (κ3) is 11.3. The van der Waals surface area contributed by atoms with E-state index in [2.05, 4.69) is 21.3 Å². The van der Waals surface area contributed by atoms with Gasteiger partial charge in [0, 0.05) is 24.5 Å². The lowest BCUT2D eigenvalue weighted by Crippen LogP contribution is -2.59. The van der Waals surface area contributed by atoms with Gasteiger partial charge in [-0.1, -0.05) is 76.2 Å². The van der Waals surface area contributed by atoms with Crippen LogP contribution in [-0.4, -0.2) is 86.5 Å². The van der Waals surface area contributed by atoms with Gasteiger partial charge in [-0.25, -0.2) is 4.79 Å². The summed E-state index contributed by atoms with van der Waals surface area (Å²) in [5.74, 6) is -7.93. The highest BCUT2D eigenvalue weighted by atomic mass is 16.6. The molecule has 20 heteroatoms. The Morgan fingerprint density at radius 2 is 1.27 bits per heavy atom. The van der Waals surface area contributed by atoms with E-state index in [-0.39, 0.29) is 24.5 Å². The van der Waals surface area contributed by atoms with Crippen LogP contribution >= 0.6 is 0 Å². The van der Waals surface area contributed by atoms with Crippen LogP contribution in [0, 0.1) is 32.1 Å². The molecule has 5 amide bonds. The summed E-state index contributed by atoms with van der Waals surface area (Å²) in [6, 6.07) is 10.2. The van der Waals surface area contributed by atoms with Gasteiger partial charge < -0.3 is 42.0 Å². The third-order valence-electron chi connectivity index (χ3n) is 9.54. The summed E-state index contributed by atoms with van der Waals surface area (Å²) in [4.78, 5) is 99.4. The lowest BCUT2D eigenvalue weighted by atomic mass is 9.98. The quantitative estimate of drug-likeness (QED) is 0.0677. The maximum atomic E-state index is 13.9. The van der Waals surface area contributed by atoms with Crippen molar-refractivity contribution in [2.75, 3.05) is 6.61 Å². The number of phenols is 1. The van der Waals surface area contributed by atoms with Gasteiger partial charge in [-0.15, -0.1) is 0 Å². The fraction of sp³-hybridized carbons (Fsp3) is 0.385. The van der Waals surface area contributed by atoms with E-state index >= 15 is 0 Å². The number of nitro benzene ring substituents is 2. The first-order valence-electron chi connectivity index (χ1n) is 18.5. The van der Waals surface area contributed by atoms with Crippen LogP contribution in [0.4, 0.5) is 16.2 Å². The number of nitro groups is 2. The lowest BCUT2D eigenvalue weighted by Gasteiger charge is -2.27. The number of aliphatic carboxylic acids is 1. The first-order valence-corrected chi connectivity index (χ1v) is 18.5. The Balaban J connectivity index is 1.62. The van der Waals surface area contributed by atoms with Gasteiger partial charge in [0.25, 0.3) is 5.75 Å². The van der Waals surface area contributed by atoms with Crippen LogP contribution in [0.15, 0.2) is 60.7 Å². The number of carboxylic acid groups (broad SMARTS) is 1. The van der Waals surface area contributed by atoms with Crippen LogP contribution in [0.1, 0.15) is 63.1 Å². The number of alkyl carbamates (subject to hydrolysis) is 1. The molecular weight excluding hydrogens is 774 g/mol. The molecule has 59 heavy (non-hydrogen) atoms. The van der Waals surface area contributed by atoms with Gasteiger partial charge in [0.05, 0.1) is 16.3 Å². The molecule has 3 aromatic carbocycles. The second kappa shape index (κ2) is 19.4. The summed E-state index contributed by atoms with van der Waals surface area (Å²) in [5, 5.41) is 52.6. The summed E-state index contributed by atoms with van der Waals surface area (Å²) in [5.41, 5.74) is 6.58. The Morgan fingerprint density at radius 3 is 1.75 bits per heavy atom. The van der Waals surface area contributed by atoms with Crippen molar-refractivity contribution in [2.24, 2.45) is 17.6 Å². The summed E-state index contributed by atoms with van der Waals surface area (Å²) in [6.07, 6.45) is -2.75. The van der Waals surface area contributed by atoms with Crippen molar-refractivity contribution in [2.45, 2.75) is 77.0 Å². The van der Waals surface area contributed by atoms with Crippen LogP contribution in [0.5, 0.6) is 5.75 Å². The summed E-state index contributed by atoms with van der Waals surface area (Å²) >= 11 is 0. The molecule has 0 spiro atoms. The predicted octanol–water partition coefficient (Wildman–Crippen LogP) is 2.77. The molecule has 4 atom stereocenters. The number of hydrogen-bond donors (Lipinski definition) is 7. The summed E-state index contributed by atoms with van der Waals surface area (Å²) in [6.45, 7) is 6.48. The maximum absolute atomic E-state index is 13.9. The van der Waals surface area contributed by atoms with Crippen molar-refractivity contribution in [3.05, 3.63) is 97.6 Å². The Morgan fingerprint density at radius 1 is 0.763 bits per heavy atom. The fourth-order valence-electron chi connectivity index (χ4n) is 6.71. The van der Waals surface area contributed by atoms with Gasteiger partial charge >= 0.3 is 23.4 Å². The van der Waals surface area contributed by atoms with Gasteiger partial charge in [-0.05, 0) is 46.1 Å². The SMILES string of the molecule is CC(C)C[C@H](NC(=O)[C@@H](NC(=O)[C@H](CC(=O)O)NC(=O)[C@H](Cc1cc([N+](=O)[O-])c(O)c([N+](=O)[O-])c1)NC(=O)OCC1c2ccccc2-c2ccccc21)C(C)C)C(N)=O. The number of benzene rings is 3. The number of carbonyl (C=O) groups is 6. The zero-order chi connectivity index (χ0) is 43.7. The number of fused-ring (bicyclic) bond motifs is 3. The number of carbonyl (C=O) groups excluding carboxylic acids is 5. The molecule has 1 aliphatic carbocycles. The fourth-order valence-corrected chi connectivity index (χ4v) is 6.71. The Labute approximate surface area is 337 Å². The molecule has 8 N–H and O–H groups in total. The molecule has 0 radical (unpaired) electrons. The summed E-state index contributed by atoms with van der Waals surface area (Å²) in [7, 11) is 0. The van der Waals surface area contributed by atoms with E-state index in [1.165, 1.54) is 0 Å². The molecule has 4 rings (SSSR count). The predicted molar refractivity (Wildman–Crippen MR) is 209 cm³/mol. The number of phenolic OH excluding ortho intramolecular Hbond substituents is 1. The number of hydrogen-bond acceptors (Lipinski definition) is 12. The van der Waals surface area contributed by atoms with Crippen molar-refractivity contribution in [3.63, 3.8) is 0 Å². The minimum Gasteiger partial charge on any atom is -0.497 e. The first-order chi connectivity index (χ1) is 27.8. The monoisotopic (exact) mass is 819 g/mol. The Kier molecular flexibility index (Phi) is 14.6. The number of aromatic hydroxyl groups is 1. The maximum Gasteiger partial charge on any atom is 0.407 e. The zero-order valence-corrected chi connectivity index (χ0v) is 32.5. The van der Waals surface area contributed by atoms with E-state index < -0.39 is 112 Å². The molecule has 0 fully saturated rings. The highest BCUT2D eigenvalue weighted by Gasteiger charge is 2.36. The molecule has 20 nitrogen and oxygen atoms in total. The molecule has 1 aliphatic rings. The van der Waals surface area contributed by atoms with E-state index in [9.17, 15) is 59.2 Å². The molecule has 0 saturated heterocycles. The summed E-state index contributed by atoms with van der Waals surface area (Å²) < 4.78 is 5.56. The largest absolute Gasteiger partial charge is 0.497 e. The molecule has 314 valence electrons. The van der Waals surface area contributed by atoms with Crippen molar-refractivity contribution >= 4 is 47.1 Å². The Bertz CT molecular complexity index is 2060. The van der Waals surface area contributed by atoms with E-state index in [4.69, 9.17) is 10.5 Å². The molecular formula is C39H45N7O13. The zero-order valence-electron chi connectivity index (χ0n) is 32.5. The topological polar surface area (TPSA) is 313 Å². The minimum absolute atomic E-state index is 0.0520. The van der Waals surface area contributed by atoms with Crippen molar-refractivity contribution in [1.82, 2.24) is 21.3 Å². The first kappa shape index (κ1) is 44.6. The standard InChI is InChI=1S/C39H45N7O13/c1-19(2)13-27(35(40)50)41-38(53)33(20(3)4)44-37(52)29(17-32(47)48)42-36(51)28(14-21-15-30(45(55)56)34(49)31(16-21)46(57)58)43-39(54)59-18-26-24-11-7-5-9-22(24)23-10-6-8-12-25(23)26/h5-12,15-16,19-20,26-29,33,49H,13-14,17-18H2,1-4H3,(H2,40,50)(H,41,53)(H,42,51)(H,43,54)(H,44,52)(H,47,48)/t27-,28-,29-,33-/m0/s1. The molecule has 0 unspecified atom stereocenters. The molecule has 0 bridgehead atoms. The number of primary amides is 1. The van der Waals surface area contributed by atoms with Crippen molar-refractivity contribution in [3.8, 4) is 16.9 Å². The average molecular weight is 820 g/mol. The van der Waals surface area contributed by atoms with Gasteiger partial charge in [0.2, 0.25) is 23.6 Å². The number of nitrogens with two attached hydrogens (primary N) is 1. The van der Waals surface area contributed by atoms with Gasteiger partial charge in [0.15, 0.2) is 0 Å². The number of nitrogens with zero attached hydrogens (tertiary/aromatic N) is 2. The Hall–Kier alpha value is -7.12. The van der Waals surface area contributed by atoms with Crippen LogP contribution < -0.4 is 27.0 Å².